The molecule has 0 saturated carbocycles. The number of halogens is 2. The first-order chi connectivity index (χ1) is 11.6. The van der Waals surface area contributed by atoms with Gasteiger partial charge in [-0.2, -0.15) is 0 Å². The second-order valence-electron chi connectivity index (χ2n) is 4.90. The predicted octanol–water partition coefficient (Wildman–Crippen LogP) is 4.78. The van der Waals surface area contributed by atoms with Crippen molar-refractivity contribution >= 4 is 46.4 Å². The quantitative estimate of drug-likeness (QED) is 0.704. The fourth-order valence-corrected chi connectivity index (χ4v) is 2.28. The van der Waals surface area contributed by atoms with E-state index in [0.29, 0.717) is 27.2 Å². The highest BCUT2D eigenvalue weighted by atomic mass is 35.5. The third-order valence-electron chi connectivity index (χ3n) is 3.11. The molecule has 3 aromatic rings. The van der Waals surface area contributed by atoms with Gasteiger partial charge in [-0.3, -0.25) is 4.79 Å². The van der Waals surface area contributed by atoms with E-state index in [1.807, 2.05) is 12.1 Å². The van der Waals surface area contributed by atoms with Crippen LogP contribution in [0.2, 0.25) is 10.0 Å². The summed E-state index contributed by atoms with van der Waals surface area (Å²) in [6.45, 7) is 0. The van der Waals surface area contributed by atoms with E-state index in [4.69, 9.17) is 23.2 Å². The highest BCUT2D eigenvalue weighted by Gasteiger charge is 2.08. The number of benzene rings is 2. The monoisotopic (exact) mass is 358 g/mol. The Hall–Kier alpha value is -2.63. The Bertz CT molecular complexity index is 851. The minimum Gasteiger partial charge on any atom is -0.339 e. The van der Waals surface area contributed by atoms with Crippen molar-refractivity contribution in [3.8, 4) is 0 Å². The van der Waals surface area contributed by atoms with Crippen molar-refractivity contribution in [1.29, 1.82) is 0 Å². The molecule has 1 aromatic heterocycles. The maximum absolute atomic E-state index is 12.1. The Labute approximate surface area is 148 Å². The minimum atomic E-state index is -0.301. The average molecular weight is 359 g/mol. The summed E-state index contributed by atoms with van der Waals surface area (Å²) in [5, 5.41) is 14.9. The van der Waals surface area contributed by atoms with Crippen molar-refractivity contribution in [2.45, 2.75) is 0 Å². The fraction of sp³-hybridized carbons (Fsp3) is 0. The summed E-state index contributed by atoms with van der Waals surface area (Å²) >= 11 is 11.7. The summed E-state index contributed by atoms with van der Waals surface area (Å²) < 4.78 is 0. The summed E-state index contributed by atoms with van der Waals surface area (Å²) in [5.41, 5.74) is 1.29. The van der Waals surface area contributed by atoms with Crippen molar-refractivity contribution in [2.24, 2.45) is 0 Å². The van der Waals surface area contributed by atoms with E-state index < -0.39 is 0 Å². The molecule has 0 saturated heterocycles. The molecule has 1 amide bonds. The standard InChI is InChI=1S/C17H12Cl2N4O/c18-12-4-6-14(7-5-12)20-15-8-9-16(23-22-15)21-17(24)11-2-1-3-13(19)10-11/h1-10H,(H,20,22)(H,21,23,24). The molecule has 0 bridgehead atoms. The molecule has 0 spiro atoms. The van der Waals surface area contributed by atoms with Crippen LogP contribution in [0.15, 0.2) is 60.7 Å². The zero-order valence-electron chi connectivity index (χ0n) is 12.3. The van der Waals surface area contributed by atoms with Gasteiger partial charge in [0.2, 0.25) is 0 Å². The molecule has 5 nitrogen and oxygen atoms in total. The molecule has 0 aliphatic rings. The number of carbonyl (C=O) groups excluding carboxylic acids is 1. The number of rotatable bonds is 4. The van der Waals surface area contributed by atoms with E-state index in [1.165, 1.54) is 0 Å². The molecule has 0 atom stereocenters. The number of hydrogen-bond acceptors (Lipinski definition) is 4. The molecule has 0 fully saturated rings. The number of carbonyl (C=O) groups is 1. The summed E-state index contributed by atoms with van der Waals surface area (Å²) in [7, 11) is 0. The molecule has 3 rings (SSSR count). The van der Waals surface area contributed by atoms with Crippen LogP contribution in [0, 0.1) is 0 Å². The molecule has 0 radical (unpaired) electrons. The van der Waals surface area contributed by atoms with Gasteiger partial charge in [-0.25, -0.2) is 0 Å². The number of nitrogens with one attached hydrogen (secondary N) is 2. The van der Waals surface area contributed by atoms with Crippen LogP contribution < -0.4 is 10.6 Å². The van der Waals surface area contributed by atoms with Crippen LogP contribution in [-0.2, 0) is 0 Å². The Morgan fingerprint density at radius 2 is 1.54 bits per heavy atom. The molecule has 0 unspecified atom stereocenters. The first-order valence-electron chi connectivity index (χ1n) is 7.03. The number of aromatic nitrogens is 2. The second-order valence-corrected chi connectivity index (χ2v) is 5.77. The largest absolute Gasteiger partial charge is 0.339 e. The third kappa shape index (κ3) is 4.22. The van der Waals surface area contributed by atoms with E-state index in [2.05, 4.69) is 20.8 Å². The molecule has 7 heteroatoms. The number of hydrogen-bond donors (Lipinski definition) is 2. The van der Waals surface area contributed by atoms with Gasteiger partial charge in [0.15, 0.2) is 11.6 Å². The highest BCUT2D eigenvalue weighted by Crippen LogP contribution is 2.18. The van der Waals surface area contributed by atoms with E-state index in [-0.39, 0.29) is 5.91 Å². The van der Waals surface area contributed by atoms with Crippen molar-refractivity contribution in [3.63, 3.8) is 0 Å². The van der Waals surface area contributed by atoms with Gasteiger partial charge in [0.1, 0.15) is 0 Å². The Balaban J connectivity index is 1.66. The molecule has 2 aromatic carbocycles. The van der Waals surface area contributed by atoms with Crippen LogP contribution in [-0.4, -0.2) is 16.1 Å². The van der Waals surface area contributed by atoms with Crippen LogP contribution in [0.4, 0.5) is 17.3 Å². The lowest BCUT2D eigenvalue weighted by molar-refractivity contribution is 0.102. The van der Waals surface area contributed by atoms with Crippen LogP contribution in [0.3, 0.4) is 0 Å². The molecule has 1 heterocycles. The Morgan fingerprint density at radius 1 is 0.833 bits per heavy atom. The van der Waals surface area contributed by atoms with Crippen molar-refractivity contribution in [1.82, 2.24) is 10.2 Å². The van der Waals surface area contributed by atoms with Gasteiger partial charge >= 0.3 is 0 Å². The summed E-state index contributed by atoms with van der Waals surface area (Å²) in [6.07, 6.45) is 0. The zero-order chi connectivity index (χ0) is 16.9. The van der Waals surface area contributed by atoms with Gasteiger partial charge in [-0.15, -0.1) is 10.2 Å². The summed E-state index contributed by atoms with van der Waals surface area (Å²) in [4.78, 5) is 12.1. The fourth-order valence-electron chi connectivity index (χ4n) is 1.96. The maximum atomic E-state index is 12.1. The molecular weight excluding hydrogens is 347 g/mol. The first-order valence-corrected chi connectivity index (χ1v) is 7.79. The molecule has 0 aliphatic heterocycles. The smallest absolute Gasteiger partial charge is 0.256 e. The highest BCUT2D eigenvalue weighted by molar-refractivity contribution is 6.31. The number of amides is 1. The van der Waals surface area contributed by atoms with Gasteiger partial charge in [0.05, 0.1) is 0 Å². The van der Waals surface area contributed by atoms with E-state index in [0.717, 1.165) is 5.69 Å². The normalized spacial score (nSPS) is 10.2. The van der Waals surface area contributed by atoms with Gasteiger partial charge in [0, 0.05) is 21.3 Å². The van der Waals surface area contributed by atoms with Crippen LogP contribution in [0.25, 0.3) is 0 Å². The second kappa shape index (κ2) is 7.29. The lowest BCUT2D eigenvalue weighted by atomic mass is 10.2. The van der Waals surface area contributed by atoms with Crippen LogP contribution >= 0.6 is 23.2 Å². The van der Waals surface area contributed by atoms with Gasteiger partial charge in [-0.1, -0.05) is 29.3 Å². The van der Waals surface area contributed by atoms with Crippen molar-refractivity contribution in [3.05, 3.63) is 76.3 Å². The van der Waals surface area contributed by atoms with Gasteiger partial charge < -0.3 is 10.6 Å². The van der Waals surface area contributed by atoms with E-state index in [1.54, 1.807) is 48.5 Å². The molecule has 0 aliphatic carbocycles. The molecule has 2 N–H and O–H groups in total. The van der Waals surface area contributed by atoms with Crippen molar-refractivity contribution < 1.29 is 4.79 Å². The van der Waals surface area contributed by atoms with Crippen molar-refractivity contribution in [2.75, 3.05) is 10.6 Å². The summed E-state index contributed by atoms with van der Waals surface area (Å²) in [6, 6.07) is 17.3. The zero-order valence-corrected chi connectivity index (χ0v) is 13.8. The number of anilines is 3. The average Bonchev–Trinajstić information content (AvgIpc) is 2.59. The van der Waals surface area contributed by atoms with Gasteiger partial charge in [-0.05, 0) is 54.6 Å². The van der Waals surface area contributed by atoms with Crippen LogP contribution in [0.1, 0.15) is 10.4 Å². The summed E-state index contributed by atoms with van der Waals surface area (Å²) in [5.74, 6) is 0.602. The third-order valence-corrected chi connectivity index (χ3v) is 3.60. The van der Waals surface area contributed by atoms with E-state index in [9.17, 15) is 4.79 Å². The topological polar surface area (TPSA) is 66.9 Å². The van der Waals surface area contributed by atoms with Gasteiger partial charge in [0.25, 0.3) is 5.91 Å². The molecule has 120 valence electrons. The first kappa shape index (κ1) is 16.2. The lowest BCUT2D eigenvalue weighted by Crippen LogP contribution is -2.13. The maximum Gasteiger partial charge on any atom is 0.256 e. The predicted molar refractivity (Wildman–Crippen MR) is 96.2 cm³/mol. The molecule has 24 heavy (non-hydrogen) atoms. The number of nitrogens with zero attached hydrogens (tertiary/aromatic N) is 2. The Kier molecular flexibility index (Phi) is 4.93. The van der Waals surface area contributed by atoms with E-state index >= 15 is 0 Å². The Morgan fingerprint density at radius 3 is 2.21 bits per heavy atom. The SMILES string of the molecule is O=C(Nc1ccc(Nc2ccc(Cl)cc2)nn1)c1cccc(Cl)c1. The molecular formula is C17H12Cl2N4O. The van der Waals surface area contributed by atoms with Crippen LogP contribution in [0.5, 0.6) is 0 Å². The minimum absolute atomic E-state index is 0.301. The lowest BCUT2D eigenvalue weighted by Gasteiger charge is -2.07.